The van der Waals surface area contributed by atoms with Gasteiger partial charge in [0.25, 0.3) is 5.91 Å². The van der Waals surface area contributed by atoms with Gasteiger partial charge < -0.3 is 20.7 Å². The van der Waals surface area contributed by atoms with Gasteiger partial charge in [0.15, 0.2) is 0 Å². The topological polar surface area (TPSA) is 114 Å². The van der Waals surface area contributed by atoms with Gasteiger partial charge in [-0.2, -0.15) is 0 Å². The summed E-state index contributed by atoms with van der Waals surface area (Å²) in [6, 6.07) is 7.50. The van der Waals surface area contributed by atoms with Crippen molar-refractivity contribution in [1.82, 2.24) is 16.0 Å². The van der Waals surface area contributed by atoms with E-state index in [1.807, 2.05) is 44.2 Å². The van der Waals surface area contributed by atoms with E-state index in [-0.39, 0.29) is 12.5 Å². The molecule has 2 fully saturated rings. The second kappa shape index (κ2) is 11.1. The summed E-state index contributed by atoms with van der Waals surface area (Å²) in [5, 5.41) is 8.07. The number of hydrogen-bond acceptors (Lipinski definition) is 5. The summed E-state index contributed by atoms with van der Waals surface area (Å²) >= 11 is 0. The number of ketones is 1. The van der Waals surface area contributed by atoms with Crippen LogP contribution in [-0.2, 0) is 25.7 Å². The number of hydrogen-bond donors (Lipinski definition) is 3. The number of carbonyl (C=O) groups excluding carboxylic acids is 4. The Kier molecular flexibility index (Phi) is 8.25. The van der Waals surface area contributed by atoms with E-state index < -0.39 is 35.8 Å². The van der Waals surface area contributed by atoms with Gasteiger partial charge in [-0.1, -0.05) is 50.6 Å². The van der Waals surface area contributed by atoms with Crippen LogP contribution in [-0.4, -0.2) is 42.3 Å². The number of Topliss-reactive ketones (excluding diaryl/α,β-unsaturated/α-hetero) is 1. The van der Waals surface area contributed by atoms with Crippen LogP contribution in [0.5, 0.6) is 0 Å². The Hall–Kier alpha value is -2.90. The highest BCUT2D eigenvalue weighted by molar-refractivity contribution is 6.38. The molecule has 174 valence electrons. The summed E-state index contributed by atoms with van der Waals surface area (Å²) in [6.07, 6.45) is 3.07. The van der Waals surface area contributed by atoms with Gasteiger partial charge in [-0.15, -0.1) is 0 Å². The third-order valence-corrected chi connectivity index (χ3v) is 6.16. The van der Waals surface area contributed by atoms with Crippen molar-refractivity contribution in [3.8, 4) is 0 Å². The lowest BCUT2D eigenvalue weighted by molar-refractivity contribution is -0.140. The van der Waals surface area contributed by atoms with Gasteiger partial charge >= 0.3 is 6.09 Å². The number of nitrogens with one attached hydrogen (secondary N) is 3. The summed E-state index contributed by atoms with van der Waals surface area (Å²) in [5.41, 5.74) is 0.838. The van der Waals surface area contributed by atoms with Crippen molar-refractivity contribution < 1.29 is 23.9 Å². The first kappa shape index (κ1) is 23.8. The summed E-state index contributed by atoms with van der Waals surface area (Å²) in [7, 11) is 0. The molecule has 8 heteroatoms. The van der Waals surface area contributed by atoms with E-state index in [1.165, 1.54) is 0 Å². The average Bonchev–Trinajstić information content (AvgIpc) is 3.23. The number of rotatable bonds is 7. The summed E-state index contributed by atoms with van der Waals surface area (Å²) in [6.45, 7) is 4.47. The average molecular weight is 444 g/mol. The molecule has 0 aromatic heterocycles. The van der Waals surface area contributed by atoms with E-state index in [1.54, 1.807) is 0 Å². The first-order valence-electron chi connectivity index (χ1n) is 11.4. The Balaban J connectivity index is 1.62. The first-order chi connectivity index (χ1) is 15.3. The Labute approximate surface area is 188 Å². The van der Waals surface area contributed by atoms with Gasteiger partial charge in [-0.3, -0.25) is 14.4 Å². The van der Waals surface area contributed by atoms with Crippen LogP contribution >= 0.6 is 0 Å². The predicted molar refractivity (Wildman–Crippen MR) is 118 cm³/mol. The van der Waals surface area contributed by atoms with E-state index in [0.717, 1.165) is 24.8 Å². The van der Waals surface area contributed by atoms with Crippen molar-refractivity contribution in [3.05, 3.63) is 35.9 Å². The van der Waals surface area contributed by atoms with Crippen molar-refractivity contribution >= 4 is 23.7 Å². The van der Waals surface area contributed by atoms with Crippen molar-refractivity contribution in [2.75, 3.05) is 6.54 Å². The second-order valence-electron chi connectivity index (χ2n) is 9.30. The minimum absolute atomic E-state index is 0.0901. The van der Waals surface area contributed by atoms with Crippen LogP contribution in [0.2, 0.25) is 0 Å². The van der Waals surface area contributed by atoms with E-state index >= 15 is 0 Å². The Morgan fingerprint density at radius 1 is 1.09 bits per heavy atom. The standard InChI is InChI=1S/C24H33N3O5/c1-15(2)10-20(27-24(31)32-14-16-6-4-3-5-7-16)22(29)26-19-12-17-8-9-18(11-17)13-25-23(30)21(19)28/h3-7,15,17-20H,8-14H2,1-2H3,(H,25,30)(H,26,29)(H,27,31). The van der Waals surface area contributed by atoms with Crippen LogP contribution in [0.1, 0.15) is 51.5 Å². The fraction of sp³-hybridized carbons (Fsp3) is 0.583. The molecule has 1 aromatic rings. The molecular weight excluding hydrogens is 410 g/mol. The van der Waals surface area contributed by atoms with Gasteiger partial charge in [0.2, 0.25) is 11.7 Å². The molecule has 1 aliphatic heterocycles. The van der Waals surface area contributed by atoms with E-state index in [4.69, 9.17) is 4.74 Å². The molecule has 32 heavy (non-hydrogen) atoms. The summed E-state index contributed by atoms with van der Waals surface area (Å²) < 4.78 is 5.25. The van der Waals surface area contributed by atoms with Crippen molar-refractivity contribution in [3.63, 3.8) is 0 Å². The number of fused-ring (bicyclic) bond motifs is 2. The molecule has 1 saturated carbocycles. The number of alkyl carbamates (subject to hydrolysis) is 1. The molecule has 2 aliphatic rings. The molecule has 3 N–H and O–H groups in total. The molecular formula is C24H33N3O5. The lowest BCUT2D eigenvalue weighted by Crippen LogP contribution is -2.54. The maximum atomic E-state index is 13.0. The van der Waals surface area contributed by atoms with Crippen molar-refractivity contribution in [2.45, 2.75) is 64.6 Å². The molecule has 3 rings (SSSR count). The molecule has 0 radical (unpaired) electrons. The highest BCUT2D eigenvalue weighted by Crippen LogP contribution is 2.34. The van der Waals surface area contributed by atoms with Crippen LogP contribution < -0.4 is 16.0 Å². The van der Waals surface area contributed by atoms with E-state index in [9.17, 15) is 19.2 Å². The zero-order valence-electron chi connectivity index (χ0n) is 18.8. The molecule has 4 atom stereocenters. The third-order valence-electron chi connectivity index (χ3n) is 6.16. The number of amides is 3. The van der Waals surface area contributed by atoms with Gasteiger partial charge in [0.1, 0.15) is 12.6 Å². The molecule has 0 spiro atoms. The molecule has 8 nitrogen and oxygen atoms in total. The third kappa shape index (κ3) is 6.80. The van der Waals surface area contributed by atoms with Crippen LogP contribution in [0, 0.1) is 17.8 Å². The molecule has 1 heterocycles. The van der Waals surface area contributed by atoms with Crippen LogP contribution in [0.3, 0.4) is 0 Å². The van der Waals surface area contributed by atoms with E-state index in [0.29, 0.717) is 31.2 Å². The quantitative estimate of drug-likeness (QED) is 0.560. The normalized spacial score (nSPS) is 24.0. The smallest absolute Gasteiger partial charge is 0.408 e. The van der Waals surface area contributed by atoms with Crippen molar-refractivity contribution in [2.24, 2.45) is 17.8 Å². The fourth-order valence-corrected chi connectivity index (χ4v) is 4.51. The monoisotopic (exact) mass is 443 g/mol. The maximum Gasteiger partial charge on any atom is 0.408 e. The largest absolute Gasteiger partial charge is 0.445 e. The van der Waals surface area contributed by atoms with Gasteiger partial charge in [-0.05, 0) is 49.0 Å². The van der Waals surface area contributed by atoms with Crippen LogP contribution in [0.4, 0.5) is 4.79 Å². The van der Waals surface area contributed by atoms with Gasteiger partial charge in [0.05, 0.1) is 6.04 Å². The van der Waals surface area contributed by atoms with Gasteiger partial charge in [-0.25, -0.2) is 4.79 Å². The first-order valence-corrected chi connectivity index (χ1v) is 11.4. The SMILES string of the molecule is CC(C)CC(NC(=O)OCc1ccccc1)C(=O)NC1CC2CCC(CNC(=O)C1=O)C2. The fourth-order valence-electron chi connectivity index (χ4n) is 4.51. The Bertz CT molecular complexity index is 826. The van der Waals surface area contributed by atoms with Crippen molar-refractivity contribution in [1.29, 1.82) is 0 Å². The minimum Gasteiger partial charge on any atom is -0.445 e. The van der Waals surface area contributed by atoms with Crippen LogP contribution in [0.25, 0.3) is 0 Å². The zero-order chi connectivity index (χ0) is 23.1. The predicted octanol–water partition coefficient (Wildman–Crippen LogP) is 2.32. The molecule has 4 unspecified atom stereocenters. The summed E-state index contributed by atoms with van der Waals surface area (Å²) in [5.74, 6) is -0.944. The highest BCUT2D eigenvalue weighted by Gasteiger charge is 2.36. The molecule has 2 bridgehead atoms. The Morgan fingerprint density at radius 2 is 1.81 bits per heavy atom. The minimum atomic E-state index is -0.888. The zero-order valence-corrected chi connectivity index (χ0v) is 18.8. The number of carbonyl (C=O) groups is 4. The molecule has 3 amide bonds. The molecule has 1 saturated heterocycles. The number of benzene rings is 1. The maximum absolute atomic E-state index is 13.0. The second-order valence-corrected chi connectivity index (χ2v) is 9.30. The van der Waals surface area contributed by atoms with E-state index in [2.05, 4.69) is 16.0 Å². The highest BCUT2D eigenvalue weighted by atomic mass is 16.5. The number of ether oxygens (including phenoxy) is 1. The molecule has 1 aliphatic carbocycles. The van der Waals surface area contributed by atoms with Crippen LogP contribution in [0.15, 0.2) is 30.3 Å². The lowest BCUT2D eigenvalue weighted by Gasteiger charge is -2.24. The molecule has 1 aromatic carbocycles. The summed E-state index contributed by atoms with van der Waals surface area (Å²) in [4.78, 5) is 50.2. The van der Waals surface area contributed by atoms with Gasteiger partial charge in [0, 0.05) is 6.54 Å². The lowest BCUT2D eigenvalue weighted by atomic mass is 9.94. The Morgan fingerprint density at radius 3 is 2.53 bits per heavy atom.